The molecule has 1 nitrogen and oxygen atoms in total. The van der Waals surface area contributed by atoms with E-state index in [1.807, 2.05) is 6.92 Å². The van der Waals surface area contributed by atoms with Crippen molar-refractivity contribution >= 4 is 5.78 Å². The highest BCUT2D eigenvalue weighted by Gasteiger charge is 1.97. The molecule has 0 aliphatic carbocycles. The standard InChI is InChI=1S/C13H24O/c1-5-13(14)10-9-12(4)8-6-7-11(2)3/h9,11H,5-8,10H2,1-4H3/b12-9+. The molecule has 1 heteroatoms. The van der Waals surface area contributed by atoms with Crippen molar-refractivity contribution in [2.45, 2.75) is 59.8 Å². The Bertz CT molecular complexity index is 189. The van der Waals surface area contributed by atoms with E-state index in [0.717, 1.165) is 12.3 Å². The molecule has 0 rings (SSSR count). The summed E-state index contributed by atoms with van der Waals surface area (Å²) in [6.45, 7) is 8.55. The molecule has 0 atom stereocenters. The van der Waals surface area contributed by atoms with E-state index in [0.29, 0.717) is 18.6 Å². The van der Waals surface area contributed by atoms with Gasteiger partial charge >= 0.3 is 0 Å². The van der Waals surface area contributed by atoms with Gasteiger partial charge in [0.05, 0.1) is 0 Å². The molecular weight excluding hydrogens is 172 g/mol. The fraction of sp³-hybridized carbons (Fsp3) is 0.769. The van der Waals surface area contributed by atoms with Gasteiger partial charge in [0.1, 0.15) is 5.78 Å². The van der Waals surface area contributed by atoms with Crippen LogP contribution in [0.4, 0.5) is 0 Å². The zero-order chi connectivity index (χ0) is 11.0. The van der Waals surface area contributed by atoms with Gasteiger partial charge in [-0.15, -0.1) is 0 Å². The van der Waals surface area contributed by atoms with Crippen LogP contribution >= 0.6 is 0 Å². The number of carbonyl (C=O) groups excluding carboxylic acids is 1. The molecule has 0 aliphatic rings. The fourth-order valence-electron chi connectivity index (χ4n) is 1.32. The van der Waals surface area contributed by atoms with E-state index in [4.69, 9.17) is 0 Å². The molecule has 0 unspecified atom stereocenters. The highest BCUT2D eigenvalue weighted by molar-refractivity contribution is 5.79. The minimum atomic E-state index is 0.341. The molecule has 0 fully saturated rings. The number of hydrogen-bond acceptors (Lipinski definition) is 1. The summed E-state index contributed by atoms with van der Waals surface area (Å²) in [4.78, 5) is 11.1. The van der Waals surface area contributed by atoms with Gasteiger partial charge in [0.15, 0.2) is 0 Å². The van der Waals surface area contributed by atoms with E-state index in [9.17, 15) is 4.79 Å². The van der Waals surface area contributed by atoms with Crippen LogP contribution in [0.1, 0.15) is 59.8 Å². The van der Waals surface area contributed by atoms with Crippen molar-refractivity contribution in [1.29, 1.82) is 0 Å². The van der Waals surface area contributed by atoms with Crippen LogP contribution in [0.25, 0.3) is 0 Å². The summed E-state index contributed by atoms with van der Waals surface area (Å²) in [7, 11) is 0. The van der Waals surface area contributed by atoms with Gasteiger partial charge in [0, 0.05) is 12.8 Å². The Hall–Kier alpha value is -0.590. The molecule has 0 aromatic heterocycles. The molecule has 82 valence electrons. The molecule has 0 N–H and O–H groups in total. The van der Waals surface area contributed by atoms with E-state index in [2.05, 4.69) is 26.8 Å². The fourth-order valence-corrected chi connectivity index (χ4v) is 1.32. The first kappa shape index (κ1) is 13.4. The summed E-state index contributed by atoms with van der Waals surface area (Å²) in [5.74, 6) is 1.13. The van der Waals surface area contributed by atoms with Crippen LogP contribution in [-0.4, -0.2) is 5.78 Å². The normalized spacial score (nSPS) is 12.2. The molecule has 0 heterocycles. The van der Waals surface area contributed by atoms with E-state index >= 15 is 0 Å². The summed E-state index contributed by atoms with van der Waals surface area (Å²) >= 11 is 0. The highest BCUT2D eigenvalue weighted by atomic mass is 16.1. The number of Topliss-reactive ketones (excluding diaryl/α,β-unsaturated/α-hetero) is 1. The van der Waals surface area contributed by atoms with Gasteiger partial charge in [-0.25, -0.2) is 0 Å². The predicted octanol–water partition coefficient (Wildman–Crippen LogP) is 4.13. The third-order valence-corrected chi connectivity index (χ3v) is 2.43. The van der Waals surface area contributed by atoms with Crippen molar-refractivity contribution in [1.82, 2.24) is 0 Å². The first-order valence-electron chi connectivity index (χ1n) is 5.73. The summed E-state index contributed by atoms with van der Waals surface area (Å²) < 4.78 is 0. The first-order chi connectivity index (χ1) is 6.56. The Morgan fingerprint density at radius 3 is 2.50 bits per heavy atom. The maximum absolute atomic E-state index is 11.1. The van der Waals surface area contributed by atoms with Crippen molar-refractivity contribution in [3.63, 3.8) is 0 Å². The Morgan fingerprint density at radius 2 is 2.00 bits per heavy atom. The Morgan fingerprint density at radius 1 is 1.36 bits per heavy atom. The first-order valence-corrected chi connectivity index (χ1v) is 5.73. The minimum Gasteiger partial charge on any atom is -0.299 e. The predicted molar refractivity (Wildman–Crippen MR) is 62.4 cm³/mol. The van der Waals surface area contributed by atoms with E-state index in [-0.39, 0.29) is 0 Å². The molecule has 0 saturated heterocycles. The minimum absolute atomic E-state index is 0.341. The lowest BCUT2D eigenvalue weighted by molar-refractivity contribution is -0.117. The molecule has 0 aromatic rings. The van der Waals surface area contributed by atoms with Gasteiger partial charge in [-0.2, -0.15) is 0 Å². The molecule has 0 radical (unpaired) electrons. The zero-order valence-electron chi connectivity index (χ0n) is 10.1. The van der Waals surface area contributed by atoms with Crippen LogP contribution in [0.2, 0.25) is 0 Å². The lowest BCUT2D eigenvalue weighted by atomic mass is 10.0. The second-order valence-electron chi connectivity index (χ2n) is 4.43. The van der Waals surface area contributed by atoms with Gasteiger partial charge in [0.2, 0.25) is 0 Å². The zero-order valence-corrected chi connectivity index (χ0v) is 10.1. The molecule has 0 bridgehead atoms. The lowest BCUT2D eigenvalue weighted by Crippen LogP contribution is -1.93. The largest absolute Gasteiger partial charge is 0.299 e. The number of ketones is 1. The average molecular weight is 196 g/mol. The smallest absolute Gasteiger partial charge is 0.136 e. The van der Waals surface area contributed by atoms with Crippen LogP contribution in [-0.2, 0) is 4.79 Å². The second kappa shape index (κ2) is 7.78. The summed E-state index contributed by atoms with van der Waals surface area (Å²) in [6, 6.07) is 0. The number of carbonyl (C=O) groups is 1. The molecular formula is C13H24O. The Labute approximate surface area is 88.6 Å². The Kier molecular flexibility index (Phi) is 7.45. The van der Waals surface area contributed by atoms with Crippen molar-refractivity contribution in [3.8, 4) is 0 Å². The molecule has 0 saturated carbocycles. The van der Waals surface area contributed by atoms with E-state index in [1.165, 1.54) is 18.4 Å². The number of allylic oxidation sites excluding steroid dienone is 2. The van der Waals surface area contributed by atoms with Crippen LogP contribution in [0.3, 0.4) is 0 Å². The van der Waals surface area contributed by atoms with Crippen LogP contribution in [0.15, 0.2) is 11.6 Å². The monoisotopic (exact) mass is 196 g/mol. The van der Waals surface area contributed by atoms with Crippen LogP contribution < -0.4 is 0 Å². The van der Waals surface area contributed by atoms with Crippen molar-refractivity contribution in [2.75, 3.05) is 0 Å². The third-order valence-electron chi connectivity index (χ3n) is 2.43. The second-order valence-corrected chi connectivity index (χ2v) is 4.43. The summed E-state index contributed by atoms with van der Waals surface area (Å²) in [5.41, 5.74) is 1.37. The number of rotatable bonds is 7. The van der Waals surface area contributed by atoms with Gasteiger partial charge in [0.25, 0.3) is 0 Å². The molecule has 0 aromatic carbocycles. The average Bonchev–Trinajstić information content (AvgIpc) is 2.13. The SMILES string of the molecule is CCC(=O)C/C=C(\C)CCCC(C)C. The van der Waals surface area contributed by atoms with Gasteiger partial charge in [-0.1, -0.05) is 38.8 Å². The lowest BCUT2D eigenvalue weighted by Gasteiger charge is -2.04. The topological polar surface area (TPSA) is 17.1 Å². The molecule has 14 heavy (non-hydrogen) atoms. The van der Waals surface area contributed by atoms with Crippen LogP contribution in [0.5, 0.6) is 0 Å². The van der Waals surface area contributed by atoms with Gasteiger partial charge < -0.3 is 0 Å². The third kappa shape index (κ3) is 8.03. The molecule has 0 aliphatic heterocycles. The molecule has 0 amide bonds. The quantitative estimate of drug-likeness (QED) is 0.560. The summed E-state index contributed by atoms with van der Waals surface area (Å²) in [6.07, 6.45) is 7.06. The summed E-state index contributed by atoms with van der Waals surface area (Å²) in [5, 5.41) is 0. The van der Waals surface area contributed by atoms with Crippen molar-refractivity contribution in [2.24, 2.45) is 5.92 Å². The van der Waals surface area contributed by atoms with E-state index in [1.54, 1.807) is 0 Å². The Balaban J connectivity index is 3.62. The van der Waals surface area contributed by atoms with Crippen molar-refractivity contribution in [3.05, 3.63) is 11.6 Å². The highest BCUT2D eigenvalue weighted by Crippen LogP contribution is 2.12. The van der Waals surface area contributed by atoms with Gasteiger partial charge in [-0.3, -0.25) is 4.79 Å². The van der Waals surface area contributed by atoms with Crippen molar-refractivity contribution < 1.29 is 4.79 Å². The van der Waals surface area contributed by atoms with Gasteiger partial charge in [-0.05, 0) is 25.7 Å². The maximum Gasteiger partial charge on any atom is 0.136 e. The number of hydrogen-bond donors (Lipinski definition) is 0. The van der Waals surface area contributed by atoms with E-state index < -0.39 is 0 Å². The molecule has 0 spiro atoms. The maximum atomic E-state index is 11.1. The van der Waals surface area contributed by atoms with Crippen LogP contribution in [0, 0.1) is 5.92 Å².